The van der Waals surface area contributed by atoms with Crippen molar-refractivity contribution in [2.45, 2.75) is 13.8 Å². The predicted molar refractivity (Wildman–Crippen MR) is 98.9 cm³/mol. The van der Waals surface area contributed by atoms with Crippen LogP contribution in [0.15, 0.2) is 30.5 Å². The lowest BCUT2D eigenvalue weighted by Gasteiger charge is -2.10. The number of Topliss-reactive ketones (excluding diaryl/α,β-unsaturated/α-hetero) is 1. The average Bonchev–Trinajstić information content (AvgIpc) is 3.12. The number of amides is 2. The number of hydrogen-bond donors (Lipinski definition) is 3. The van der Waals surface area contributed by atoms with Crippen LogP contribution in [0.4, 0.5) is 5.69 Å². The van der Waals surface area contributed by atoms with E-state index in [-0.39, 0.29) is 18.0 Å². The molecule has 0 saturated heterocycles. The number of benzene rings is 1. The first-order valence-corrected chi connectivity index (χ1v) is 8.34. The van der Waals surface area contributed by atoms with Gasteiger partial charge in [0.25, 0.3) is 5.91 Å². The van der Waals surface area contributed by atoms with Gasteiger partial charge in [-0.3, -0.25) is 14.4 Å². The number of halogens is 1. The Morgan fingerprint density at radius 3 is 2.59 bits per heavy atom. The summed E-state index contributed by atoms with van der Waals surface area (Å²) in [6.45, 7) is 2.27. The summed E-state index contributed by atoms with van der Waals surface area (Å²) < 4.78 is 4.83. The number of esters is 1. The van der Waals surface area contributed by atoms with Gasteiger partial charge in [0, 0.05) is 22.5 Å². The first-order valence-electron chi connectivity index (χ1n) is 7.96. The standard InChI is InChI=1S/C18H18ClN3O5/c1-10-13(19)4-3-5-14(10)22-16(24)8-21-17(25)9-27-18(26)15-6-12(7-20-15)11(2)23/h3-7,20H,8-9H2,1-2H3,(H,21,25)(H,22,24). The maximum Gasteiger partial charge on any atom is 0.355 e. The number of carbonyl (C=O) groups is 4. The molecule has 0 spiro atoms. The molecule has 0 unspecified atom stereocenters. The summed E-state index contributed by atoms with van der Waals surface area (Å²) in [6, 6.07) is 6.42. The van der Waals surface area contributed by atoms with Crippen molar-refractivity contribution in [3.63, 3.8) is 0 Å². The van der Waals surface area contributed by atoms with Gasteiger partial charge in [0.15, 0.2) is 12.4 Å². The summed E-state index contributed by atoms with van der Waals surface area (Å²) in [7, 11) is 0. The summed E-state index contributed by atoms with van der Waals surface area (Å²) in [5, 5.41) is 5.48. The van der Waals surface area contributed by atoms with Crippen molar-refractivity contribution in [3.8, 4) is 0 Å². The number of ketones is 1. The maximum absolute atomic E-state index is 11.9. The Hall–Kier alpha value is -3.13. The van der Waals surface area contributed by atoms with Gasteiger partial charge >= 0.3 is 5.97 Å². The number of nitrogens with one attached hydrogen (secondary N) is 3. The molecule has 0 radical (unpaired) electrons. The monoisotopic (exact) mass is 391 g/mol. The van der Waals surface area contributed by atoms with Crippen molar-refractivity contribution in [1.29, 1.82) is 0 Å². The van der Waals surface area contributed by atoms with Crippen LogP contribution in [0.2, 0.25) is 5.02 Å². The van der Waals surface area contributed by atoms with Gasteiger partial charge < -0.3 is 20.4 Å². The van der Waals surface area contributed by atoms with Crippen LogP contribution in [0.3, 0.4) is 0 Å². The zero-order chi connectivity index (χ0) is 20.0. The molecule has 1 aromatic heterocycles. The number of H-pyrrole nitrogens is 1. The lowest BCUT2D eigenvalue weighted by Crippen LogP contribution is -2.35. The van der Waals surface area contributed by atoms with Crippen LogP contribution in [0, 0.1) is 6.92 Å². The second-order valence-electron chi connectivity index (χ2n) is 5.67. The fourth-order valence-electron chi connectivity index (χ4n) is 2.09. The van der Waals surface area contributed by atoms with Gasteiger partial charge in [0.2, 0.25) is 5.91 Å². The Labute approximate surface area is 160 Å². The SMILES string of the molecule is CC(=O)c1c[nH]c(C(=O)OCC(=O)NCC(=O)Nc2cccc(Cl)c2C)c1. The minimum absolute atomic E-state index is 0.0576. The van der Waals surface area contributed by atoms with Gasteiger partial charge in [-0.25, -0.2) is 4.79 Å². The van der Waals surface area contributed by atoms with E-state index in [0.29, 0.717) is 21.8 Å². The molecule has 0 fully saturated rings. The van der Waals surface area contributed by atoms with Crippen LogP contribution in [0.25, 0.3) is 0 Å². The highest BCUT2D eigenvalue weighted by Gasteiger charge is 2.14. The molecule has 1 aromatic carbocycles. The number of rotatable bonds is 7. The molecule has 2 amide bonds. The van der Waals surface area contributed by atoms with Crippen molar-refractivity contribution >= 4 is 40.9 Å². The van der Waals surface area contributed by atoms with Crippen molar-refractivity contribution in [3.05, 3.63) is 52.3 Å². The van der Waals surface area contributed by atoms with Crippen LogP contribution < -0.4 is 10.6 Å². The zero-order valence-electron chi connectivity index (χ0n) is 14.7. The third-order valence-corrected chi connectivity index (χ3v) is 4.04. The molecule has 0 aliphatic carbocycles. The lowest BCUT2D eigenvalue weighted by molar-refractivity contribution is -0.126. The normalized spacial score (nSPS) is 10.2. The fourth-order valence-corrected chi connectivity index (χ4v) is 2.27. The third-order valence-electron chi connectivity index (χ3n) is 3.63. The highest BCUT2D eigenvalue weighted by atomic mass is 35.5. The van der Waals surface area contributed by atoms with E-state index in [1.807, 2.05) is 0 Å². The van der Waals surface area contributed by atoms with Gasteiger partial charge in [-0.05, 0) is 37.6 Å². The van der Waals surface area contributed by atoms with E-state index >= 15 is 0 Å². The molecule has 3 N–H and O–H groups in total. The summed E-state index contributed by atoms with van der Waals surface area (Å²) in [4.78, 5) is 49.2. The molecule has 2 aromatic rings. The summed E-state index contributed by atoms with van der Waals surface area (Å²) in [5.74, 6) is -2.07. The molecule has 9 heteroatoms. The van der Waals surface area contributed by atoms with Crippen LogP contribution in [-0.2, 0) is 14.3 Å². The smallest absolute Gasteiger partial charge is 0.355 e. The Morgan fingerprint density at radius 2 is 1.93 bits per heavy atom. The van der Waals surface area contributed by atoms with Gasteiger partial charge in [0.05, 0.1) is 6.54 Å². The molecular weight excluding hydrogens is 374 g/mol. The Bertz CT molecular complexity index is 891. The molecule has 0 aliphatic heterocycles. The average molecular weight is 392 g/mol. The van der Waals surface area contributed by atoms with Gasteiger partial charge in [-0.1, -0.05) is 17.7 Å². The van der Waals surface area contributed by atoms with Gasteiger partial charge in [-0.2, -0.15) is 0 Å². The molecular formula is C18H18ClN3O5. The second kappa shape index (κ2) is 9.00. The number of hydrogen-bond acceptors (Lipinski definition) is 5. The number of anilines is 1. The zero-order valence-corrected chi connectivity index (χ0v) is 15.5. The Balaban J connectivity index is 1.76. The first-order chi connectivity index (χ1) is 12.8. The van der Waals surface area contributed by atoms with E-state index in [9.17, 15) is 19.2 Å². The fraction of sp³-hybridized carbons (Fsp3) is 0.222. The molecule has 8 nitrogen and oxygen atoms in total. The van der Waals surface area contributed by atoms with Gasteiger partial charge in [-0.15, -0.1) is 0 Å². The summed E-state index contributed by atoms with van der Waals surface area (Å²) >= 11 is 5.97. The first kappa shape index (κ1) is 20.2. The van der Waals surface area contributed by atoms with Crippen LogP contribution in [0.5, 0.6) is 0 Å². The predicted octanol–water partition coefficient (Wildman–Crippen LogP) is 2.09. The minimum Gasteiger partial charge on any atom is -0.451 e. The quantitative estimate of drug-likeness (QED) is 0.493. The Morgan fingerprint density at radius 1 is 1.19 bits per heavy atom. The number of aromatic amines is 1. The van der Waals surface area contributed by atoms with E-state index in [1.54, 1.807) is 25.1 Å². The van der Waals surface area contributed by atoms with Crippen LogP contribution in [-0.4, -0.2) is 41.7 Å². The number of ether oxygens (including phenoxy) is 1. The third kappa shape index (κ3) is 5.68. The molecule has 2 rings (SSSR count). The van der Waals surface area contributed by atoms with E-state index in [1.165, 1.54) is 19.2 Å². The molecule has 0 atom stereocenters. The van der Waals surface area contributed by atoms with Crippen LogP contribution in [0.1, 0.15) is 33.3 Å². The summed E-state index contributed by atoms with van der Waals surface area (Å²) in [6.07, 6.45) is 1.38. The highest BCUT2D eigenvalue weighted by molar-refractivity contribution is 6.31. The van der Waals surface area contributed by atoms with E-state index in [0.717, 1.165) is 0 Å². The minimum atomic E-state index is -0.781. The number of aromatic nitrogens is 1. The molecule has 142 valence electrons. The van der Waals surface area contributed by atoms with E-state index in [2.05, 4.69) is 15.6 Å². The second-order valence-corrected chi connectivity index (χ2v) is 6.08. The van der Waals surface area contributed by atoms with Crippen molar-refractivity contribution in [2.75, 3.05) is 18.5 Å². The van der Waals surface area contributed by atoms with Crippen molar-refractivity contribution < 1.29 is 23.9 Å². The topological polar surface area (TPSA) is 117 Å². The van der Waals surface area contributed by atoms with Crippen molar-refractivity contribution in [2.24, 2.45) is 0 Å². The van der Waals surface area contributed by atoms with Gasteiger partial charge in [0.1, 0.15) is 5.69 Å². The maximum atomic E-state index is 11.9. The summed E-state index contributed by atoms with van der Waals surface area (Å²) in [5.41, 5.74) is 1.64. The molecule has 0 bridgehead atoms. The number of carbonyl (C=O) groups excluding carboxylic acids is 4. The van der Waals surface area contributed by atoms with Crippen LogP contribution >= 0.6 is 11.6 Å². The van der Waals surface area contributed by atoms with Crippen molar-refractivity contribution in [1.82, 2.24) is 10.3 Å². The highest BCUT2D eigenvalue weighted by Crippen LogP contribution is 2.22. The largest absolute Gasteiger partial charge is 0.451 e. The Kier molecular flexibility index (Phi) is 6.73. The molecule has 0 aliphatic rings. The molecule has 27 heavy (non-hydrogen) atoms. The lowest BCUT2D eigenvalue weighted by atomic mass is 10.2. The van der Waals surface area contributed by atoms with E-state index < -0.39 is 24.4 Å². The van der Waals surface area contributed by atoms with E-state index in [4.69, 9.17) is 16.3 Å². The molecule has 0 saturated carbocycles. The molecule has 1 heterocycles.